The summed E-state index contributed by atoms with van der Waals surface area (Å²) in [4.78, 5) is 22.7. The van der Waals surface area contributed by atoms with Gasteiger partial charge < -0.3 is 14.9 Å². The summed E-state index contributed by atoms with van der Waals surface area (Å²) in [5.41, 5.74) is 0.188. The molecule has 1 heterocycles. The van der Waals surface area contributed by atoms with Crippen molar-refractivity contribution in [3.8, 4) is 0 Å². The maximum Gasteiger partial charge on any atom is 0.374 e. The summed E-state index contributed by atoms with van der Waals surface area (Å²) >= 11 is 0. The van der Waals surface area contributed by atoms with Gasteiger partial charge in [-0.15, -0.1) is 0 Å². The number of hydrogen-bond acceptors (Lipinski definition) is 4. The molecule has 2 N–H and O–H groups in total. The van der Waals surface area contributed by atoms with Crippen molar-refractivity contribution in [3.05, 3.63) is 17.5 Å². The number of amides is 1. The van der Waals surface area contributed by atoms with Crippen molar-refractivity contribution in [3.63, 3.8) is 0 Å². The Morgan fingerprint density at radius 1 is 1.43 bits per heavy atom. The number of hydrogen-bond donors (Lipinski definition) is 2. The SMILES string of the molecule is CC(C)CC1(CNC(=O)c2cc(C(=O)O)on2)CCCC1. The molecule has 6 heteroatoms. The lowest BCUT2D eigenvalue weighted by atomic mass is 9.78. The maximum atomic E-state index is 12.0. The van der Waals surface area contributed by atoms with E-state index in [1.807, 2.05) is 0 Å². The first-order valence-electron chi connectivity index (χ1n) is 7.40. The molecule has 1 aliphatic carbocycles. The van der Waals surface area contributed by atoms with Crippen LogP contribution < -0.4 is 5.32 Å². The van der Waals surface area contributed by atoms with Crippen LogP contribution in [0.2, 0.25) is 0 Å². The summed E-state index contributed by atoms with van der Waals surface area (Å²) in [6.07, 6.45) is 5.76. The molecule has 6 nitrogen and oxygen atoms in total. The van der Waals surface area contributed by atoms with Crippen LogP contribution in [0.25, 0.3) is 0 Å². The number of carbonyl (C=O) groups excluding carboxylic acids is 1. The van der Waals surface area contributed by atoms with Gasteiger partial charge in [-0.3, -0.25) is 4.79 Å². The van der Waals surface area contributed by atoms with Gasteiger partial charge in [0.15, 0.2) is 5.69 Å². The van der Waals surface area contributed by atoms with E-state index in [0.717, 1.165) is 25.3 Å². The van der Waals surface area contributed by atoms with Crippen molar-refractivity contribution in [2.24, 2.45) is 11.3 Å². The number of carbonyl (C=O) groups is 2. The Hall–Kier alpha value is -1.85. The van der Waals surface area contributed by atoms with Gasteiger partial charge in [0.25, 0.3) is 5.91 Å². The Morgan fingerprint density at radius 2 is 2.10 bits per heavy atom. The molecule has 2 rings (SSSR count). The summed E-state index contributed by atoms with van der Waals surface area (Å²) in [7, 11) is 0. The van der Waals surface area contributed by atoms with Crippen LogP contribution in [0.4, 0.5) is 0 Å². The van der Waals surface area contributed by atoms with Gasteiger partial charge in [0, 0.05) is 12.6 Å². The highest BCUT2D eigenvalue weighted by atomic mass is 16.5. The lowest BCUT2D eigenvalue weighted by molar-refractivity contribution is 0.0651. The number of carboxylic acids is 1. The molecule has 1 aromatic rings. The standard InChI is InChI=1S/C15H22N2O4/c1-10(2)8-15(5-3-4-6-15)9-16-13(18)11-7-12(14(19)20)21-17-11/h7,10H,3-6,8-9H2,1-2H3,(H,16,18)(H,19,20). The molecule has 0 saturated heterocycles. The van der Waals surface area contributed by atoms with E-state index in [1.54, 1.807) is 0 Å². The highest BCUT2D eigenvalue weighted by Crippen LogP contribution is 2.42. The largest absolute Gasteiger partial charge is 0.475 e. The first-order chi connectivity index (χ1) is 9.92. The van der Waals surface area contributed by atoms with Gasteiger partial charge >= 0.3 is 5.97 Å². The summed E-state index contributed by atoms with van der Waals surface area (Å²) in [5, 5.41) is 15.1. The number of carboxylic acid groups (broad SMARTS) is 1. The summed E-state index contributed by atoms with van der Waals surface area (Å²) in [6.45, 7) is 5.00. The number of rotatable bonds is 6. The zero-order chi connectivity index (χ0) is 15.5. The highest BCUT2D eigenvalue weighted by molar-refractivity contribution is 5.94. The van der Waals surface area contributed by atoms with Crippen LogP contribution in [0.15, 0.2) is 10.6 Å². The molecule has 1 aliphatic rings. The second-order valence-electron chi connectivity index (χ2n) is 6.37. The van der Waals surface area contributed by atoms with Crippen LogP contribution in [0.1, 0.15) is 67.0 Å². The molecule has 0 unspecified atom stereocenters. The van der Waals surface area contributed by atoms with Crippen molar-refractivity contribution < 1.29 is 19.2 Å². The van der Waals surface area contributed by atoms with E-state index >= 15 is 0 Å². The molecular formula is C15H22N2O4. The van der Waals surface area contributed by atoms with Crippen molar-refractivity contribution in [2.75, 3.05) is 6.54 Å². The number of aromatic carboxylic acids is 1. The van der Waals surface area contributed by atoms with E-state index in [0.29, 0.717) is 12.5 Å². The van der Waals surface area contributed by atoms with Gasteiger partial charge in [0.1, 0.15) is 0 Å². The third kappa shape index (κ3) is 3.83. The normalized spacial score (nSPS) is 17.1. The van der Waals surface area contributed by atoms with Crippen LogP contribution in [-0.4, -0.2) is 28.7 Å². The van der Waals surface area contributed by atoms with E-state index in [1.165, 1.54) is 12.8 Å². The van der Waals surface area contributed by atoms with Crippen molar-refractivity contribution in [2.45, 2.75) is 46.0 Å². The minimum Gasteiger partial charge on any atom is -0.475 e. The maximum absolute atomic E-state index is 12.0. The van der Waals surface area contributed by atoms with E-state index in [9.17, 15) is 9.59 Å². The predicted octanol–water partition coefficient (Wildman–Crippen LogP) is 2.71. The summed E-state index contributed by atoms with van der Waals surface area (Å²) in [6, 6.07) is 1.15. The fourth-order valence-electron chi connectivity index (χ4n) is 3.29. The smallest absolute Gasteiger partial charge is 0.374 e. The van der Waals surface area contributed by atoms with Gasteiger partial charge in [-0.1, -0.05) is 31.8 Å². The van der Waals surface area contributed by atoms with E-state index in [-0.39, 0.29) is 22.8 Å². The molecule has 21 heavy (non-hydrogen) atoms. The molecule has 0 radical (unpaired) electrons. The summed E-state index contributed by atoms with van der Waals surface area (Å²) in [5.74, 6) is -1.33. The van der Waals surface area contributed by atoms with Crippen LogP contribution in [-0.2, 0) is 0 Å². The minimum atomic E-state index is -1.23. The van der Waals surface area contributed by atoms with Gasteiger partial charge in [-0.2, -0.15) is 0 Å². The third-order valence-corrected chi connectivity index (χ3v) is 4.08. The Bertz CT molecular complexity index is 515. The fraction of sp³-hybridized carbons (Fsp3) is 0.667. The molecule has 0 atom stereocenters. The van der Waals surface area contributed by atoms with Gasteiger partial charge in [0.05, 0.1) is 0 Å². The van der Waals surface area contributed by atoms with Gasteiger partial charge in [0.2, 0.25) is 5.76 Å². The van der Waals surface area contributed by atoms with E-state index in [4.69, 9.17) is 5.11 Å². The number of aromatic nitrogens is 1. The second-order valence-corrected chi connectivity index (χ2v) is 6.37. The average molecular weight is 294 g/mol. The Kier molecular flexibility index (Phi) is 4.65. The molecular weight excluding hydrogens is 272 g/mol. The van der Waals surface area contributed by atoms with Crippen LogP contribution in [0.3, 0.4) is 0 Å². The average Bonchev–Trinajstić information content (AvgIpc) is 3.04. The molecule has 1 aromatic heterocycles. The lowest BCUT2D eigenvalue weighted by Crippen LogP contribution is -2.37. The van der Waals surface area contributed by atoms with Gasteiger partial charge in [-0.05, 0) is 30.6 Å². The predicted molar refractivity (Wildman–Crippen MR) is 76.2 cm³/mol. The quantitative estimate of drug-likeness (QED) is 0.841. The number of nitrogens with zero attached hydrogens (tertiary/aromatic N) is 1. The molecule has 0 bridgehead atoms. The first-order valence-corrected chi connectivity index (χ1v) is 7.40. The molecule has 0 spiro atoms. The minimum absolute atomic E-state index is 0.0186. The van der Waals surface area contributed by atoms with Crippen LogP contribution in [0, 0.1) is 11.3 Å². The zero-order valence-corrected chi connectivity index (χ0v) is 12.5. The lowest BCUT2D eigenvalue weighted by Gasteiger charge is -2.31. The number of nitrogens with one attached hydrogen (secondary N) is 1. The zero-order valence-electron chi connectivity index (χ0n) is 12.5. The Labute approximate surface area is 123 Å². The monoisotopic (exact) mass is 294 g/mol. The molecule has 0 aromatic carbocycles. The topological polar surface area (TPSA) is 92.4 Å². The molecule has 1 saturated carbocycles. The van der Waals surface area contributed by atoms with Crippen molar-refractivity contribution in [1.29, 1.82) is 0 Å². The van der Waals surface area contributed by atoms with E-state index in [2.05, 4.69) is 28.8 Å². The Morgan fingerprint density at radius 3 is 2.62 bits per heavy atom. The van der Waals surface area contributed by atoms with Crippen LogP contribution in [0.5, 0.6) is 0 Å². The van der Waals surface area contributed by atoms with E-state index < -0.39 is 5.97 Å². The van der Waals surface area contributed by atoms with Crippen molar-refractivity contribution >= 4 is 11.9 Å². The first kappa shape index (κ1) is 15.5. The van der Waals surface area contributed by atoms with Crippen LogP contribution >= 0.6 is 0 Å². The summed E-state index contributed by atoms with van der Waals surface area (Å²) < 4.78 is 4.60. The fourth-order valence-corrected chi connectivity index (χ4v) is 3.29. The molecule has 116 valence electrons. The molecule has 0 aliphatic heterocycles. The second kappa shape index (κ2) is 6.28. The Balaban J connectivity index is 1.96. The molecule has 1 fully saturated rings. The van der Waals surface area contributed by atoms with Crippen molar-refractivity contribution in [1.82, 2.24) is 10.5 Å². The van der Waals surface area contributed by atoms with Gasteiger partial charge in [-0.25, -0.2) is 4.79 Å². The highest BCUT2D eigenvalue weighted by Gasteiger charge is 2.34. The third-order valence-electron chi connectivity index (χ3n) is 4.08. The molecule has 1 amide bonds.